The molecule has 2 heterocycles. The molecule has 4 rings (SSSR count). The van der Waals surface area contributed by atoms with Gasteiger partial charge in [-0.15, -0.1) is 11.3 Å². The Hall–Kier alpha value is -2.16. The average Bonchev–Trinajstić information content (AvgIpc) is 3.27. The van der Waals surface area contributed by atoms with Gasteiger partial charge in [-0.1, -0.05) is 0 Å². The van der Waals surface area contributed by atoms with Crippen LogP contribution < -0.4 is 10.6 Å². The SMILES string of the molecule is CCOC(=O)C1CCc2sc(NC(=O)C3CCCN(C(=O)NC4CC4)C3)nc21. The first kappa shape index (κ1) is 19.2. The van der Waals surface area contributed by atoms with Crippen molar-refractivity contribution in [3.05, 3.63) is 10.6 Å². The van der Waals surface area contributed by atoms with Crippen LogP contribution in [-0.4, -0.2) is 53.5 Å². The number of anilines is 1. The van der Waals surface area contributed by atoms with E-state index in [1.165, 1.54) is 11.3 Å². The summed E-state index contributed by atoms with van der Waals surface area (Å²) in [5.41, 5.74) is 0.743. The largest absolute Gasteiger partial charge is 0.465 e. The Morgan fingerprint density at radius 1 is 1.25 bits per heavy atom. The van der Waals surface area contributed by atoms with Gasteiger partial charge in [0.25, 0.3) is 0 Å². The molecule has 28 heavy (non-hydrogen) atoms. The van der Waals surface area contributed by atoms with Crippen molar-refractivity contribution in [2.45, 2.75) is 57.4 Å². The van der Waals surface area contributed by atoms with E-state index in [1.807, 2.05) is 0 Å². The van der Waals surface area contributed by atoms with Crippen LogP contribution in [-0.2, 0) is 20.7 Å². The number of carbonyl (C=O) groups is 3. The Bertz CT molecular complexity index is 776. The van der Waals surface area contributed by atoms with Gasteiger partial charge in [-0.25, -0.2) is 9.78 Å². The molecule has 1 aromatic heterocycles. The van der Waals surface area contributed by atoms with Crippen LogP contribution in [0.25, 0.3) is 0 Å². The van der Waals surface area contributed by atoms with Crippen molar-refractivity contribution >= 4 is 34.4 Å². The lowest BCUT2D eigenvalue weighted by Crippen LogP contribution is -2.48. The first-order chi connectivity index (χ1) is 13.5. The summed E-state index contributed by atoms with van der Waals surface area (Å²) >= 11 is 1.43. The molecule has 1 aliphatic heterocycles. The van der Waals surface area contributed by atoms with Crippen molar-refractivity contribution in [2.75, 3.05) is 25.0 Å². The van der Waals surface area contributed by atoms with Gasteiger partial charge in [0.15, 0.2) is 5.13 Å². The van der Waals surface area contributed by atoms with Crippen LogP contribution in [0.3, 0.4) is 0 Å². The molecular weight excluding hydrogens is 380 g/mol. The van der Waals surface area contributed by atoms with E-state index < -0.39 is 0 Å². The minimum absolute atomic E-state index is 0.0643. The monoisotopic (exact) mass is 406 g/mol. The van der Waals surface area contributed by atoms with Crippen LogP contribution in [0.1, 0.15) is 55.5 Å². The second kappa shape index (κ2) is 8.06. The van der Waals surface area contributed by atoms with Crippen LogP contribution in [0.5, 0.6) is 0 Å². The van der Waals surface area contributed by atoms with E-state index >= 15 is 0 Å². The number of thiazole rings is 1. The molecule has 2 unspecified atom stereocenters. The number of piperidine rings is 1. The number of carbonyl (C=O) groups excluding carboxylic acids is 3. The predicted octanol–water partition coefficient (Wildman–Crippen LogP) is 2.26. The van der Waals surface area contributed by atoms with Gasteiger partial charge < -0.3 is 20.3 Å². The zero-order valence-electron chi connectivity index (χ0n) is 16.0. The fourth-order valence-corrected chi connectivity index (χ4v) is 4.87. The number of esters is 1. The van der Waals surface area contributed by atoms with Gasteiger partial charge in [0.2, 0.25) is 5.91 Å². The number of urea groups is 1. The quantitative estimate of drug-likeness (QED) is 0.731. The van der Waals surface area contributed by atoms with E-state index in [9.17, 15) is 14.4 Å². The lowest BCUT2D eigenvalue weighted by Gasteiger charge is -2.31. The van der Waals surface area contributed by atoms with E-state index in [2.05, 4.69) is 15.6 Å². The lowest BCUT2D eigenvalue weighted by molar-refractivity contribution is -0.145. The van der Waals surface area contributed by atoms with Crippen molar-refractivity contribution in [3.63, 3.8) is 0 Å². The summed E-state index contributed by atoms with van der Waals surface area (Å²) in [6.45, 7) is 3.26. The standard InChI is InChI=1S/C19H26N4O4S/c1-2-27-17(25)13-7-8-14-15(13)21-18(28-14)22-16(24)11-4-3-9-23(10-11)19(26)20-12-5-6-12/h11-13H,2-10H2,1H3,(H,20,26)(H,21,22,24). The lowest BCUT2D eigenvalue weighted by atomic mass is 9.97. The van der Waals surface area contributed by atoms with E-state index in [0.29, 0.717) is 30.9 Å². The molecule has 152 valence electrons. The number of aryl methyl sites for hydroxylation is 1. The average molecular weight is 407 g/mol. The number of rotatable bonds is 5. The Labute approximate surface area is 168 Å². The summed E-state index contributed by atoms with van der Waals surface area (Å²) in [5.74, 6) is -0.913. The Balaban J connectivity index is 1.35. The number of amides is 3. The van der Waals surface area contributed by atoms with Crippen LogP contribution in [0, 0.1) is 5.92 Å². The van der Waals surface area contributed by atoms with E-state index in [-0.39, 0.29) is 29.7 Å². The first-order valence-corrected chi connectivity index (χ1v) is 10.9. The first-order valence-electron chi connectivity index (χ1n) is 10.1. The maximum atomic E-state index is 12.7. The number of fused-ring (bicyclic) bond motifs is 1. The second-order valence-electron chi connectivity index (χ2n) is 7.67. The van der Waals surface area contributed by atoms with Crippen molar-refractivity contribution in [3.8, 4) is 0 Å². The summed E-state index contributed by atoms with van der Waals surface area (Å²) in [5, 5.41) is 6.42. The van der Waals surface area contributed by atoms with E-state index in [0.717, 1.165) is 49.1 Å². The fourth-order valence-electron chi connectivity index (χ4n) is 3.83. The molecule has 3 amide bonds. The molecule has 0 spiro atoms. The zero-order chi connectivity index (χ0) is 19.7. The summed E-state index contributed by atoms with van der Waals surface area (Å²) in [7, 11) is 0. The number of hydrogen-bond donors (Lipinski definition) is 2. The van der Waals surface area contributed by atoms with Gasteiger partial charge in [-0.05, 0) is 45.4 Å². The molecule has 2 fully saturated rings. The summed E-state index contributed by atoms with van der Waals surface area (Å²) < 4.78 is 5.13. The molecule has 2 aliphatic carbocycles. The highest BCUT2D eigenvalue weighted by atomic mass is 32.1. The molecule has 1 aromatic rings. The molecular formula is C19H26N4O4S. The topological polar surface area (TPSA) is 101 Å². The summed E-state index contributed by atoms with van der Waals surface area (Å²) in [6.07, 6.45) is 5.17. The Kier molecular flexibility index (Phi) is 5.52. The van der Waals surface area contributed by atoms with Crippen LogP contribution in [0.15, 0.2) is 0 Å². The van der Waals surface area contributed by atoms with Crippen molar-refractivity contribution in [1.82, 2.24) is 15.2 Å². The predicted molar refractivity (Wildman–Crippen MR) is 104 cm³/mol. The molecule has 0 aromatic carbocycles. The van der Waals surface area contributed by atoms with Gasteiger partial charge >= 0.3 is 12.0 Å². The van der Waals surface area contributed by atoms with E-state index in [4.69, 9.17) is 4.74 Å². The third-order valence-corrected chi connectivity index (χ3v) is 6.55. The molecule has 0 bridgehead atoms. The maximum Gasteiger partial charge on any atom is 0.317 e. The van der Waals surface area contributed by atoms with Crippen LogP contribution in [0.2, 0.25) is 0 Å². The highest BCUT2D eigenvalue weighted by Crippen LogP contribution is 2.39. The van der Waals surface area contributed by atoms with Gasteiger partial charge in [0, 0.05) is 24.0 Å². The zero-order valence-corrected chi connectivity index (χ0v) is 16.8. The number of likely N-dealkylation sites (tertiary alicyclic amines) is 1. The highest BCUT2D eigenvalue weighted by Gasteiger charge is 2.35. The van der Waals surface area contributed by atoms with Crippen molar-refractivity contribution < 1.29 is 19.1 Å². The third-order valence-electron chi connectivity index (χ3n) is 5.50. The number of ether oxygens (including phenoxy) is 1. The molecule has 0 radical (unpaired) electrons. The maximum absolute atomic E-state index is 12.7. The number of hydrogen-bond acceptors (Lipinski definition) is 6. The third kappa shape index (κ3) is 4.14. The molecule has 2 N–H and O–H groups in total. The highest BCUT2D eigenvalue weighted by molar-refractivity contribution is 7.16. The van der Waals surface area contributed by atoms with Gasteiger partial charge in [-0.3, -0.25) is 9.59 Å². The number of aromatic nitrogens is 1. The molecule has 1 saturated heterocycles. The fraction of sp³-hybridized carbons (Fsp3) is 0.684. The molecule has 1 saturated carbocycles. The number of nitrogens with zero attached hydrogens (tertiary/aromatic N) is 2. The van der Waals surface area contributed by atoms with Crippen molar-refractivity contribution in [2.24, 2.45) is 5.92 Å². The van der Waals surface area contributed by atoms with E-state index in [1.54, 1.807) is 11.8 Å². The van der Waals surface area contributed by atoms with Crippen molar-refractivity contribution in [1.29, 1.82) is 0 Å². The molecule has 2 atom stereocenters. The summed E-state index contributed by atoms with van der Waals surface area (Å²) in [4.78, 5) is 44.3. The normalized spacial score (nSPS) is 23.8. The minimum atomic E-state index is -0.326. The van der Waals surface area contributed by atoms with Crippen LogP contribution in [0.4, 0.5) is 9.93 Å². The minimum Gasteiger partial charge on any atom is -0.465 e. The smallest absolute Gasteiger partial charge is 0.317 e. The Morgan fingerprint density at radius 2 is 2.07 bits per heavy atom. The molecule has 9 heteroatoms. The molecule has 8 nitrogen and oxygen atoms in total. The second-order valence-corrected chi connectivity index (χ2v) is 8.75. The van der Waals surface area contributed by atoms with Gasteiger partial charge in [-0.2, -0.15) is 0 Å². The Morgan fingerprint density at radius 3 is 2.82 bits per heavy atom. The molecule has 3 aliphatic rings. The summed E-state index contributed by atoms with van der Waals surface area (Å²) in [6, 6.07) is 0.247. The van der Waals surface area contributed by atoms with Crippen LogP contribution >= 0.6 is 11.3 Å². The van der Waals surface area contributed by atoms with Gasteiger partial charge in [0.05, 0.1) is 18.2 Å². The number of nitrogens with one attached hydrogen (secondary N) is 2. The van der Waals surface area contributed by atoms with Gasteiger partial charge in [0.1, 0.15) is 5.92 Å².